The van der Waals surface area contributed by atoms with Gasteiger partial charge in [-0.15, -0.1) is 0 Å². The fraction of sp³-hybridized carbons (Fsp3) is 0.333. The van der Waals surface area contributed by atoms with Crippen LogP contribution in [0.5, 0.6) is 5.75 Å². The Morgan fingerprint density at radius 3 is 2.67 bits per heavy atom. The molecule has 0 amide bonds. The molecule has 3 aromatic rings. The van der Waals surface area contributed by atoms with Gasteiger partial charge in [-0.3, -0.25) is 0 Å². The minimum absolute atomic E-state index is 0.239. The molecule has 1 aliphatic heterocycles. The van der Waals surface area contributed by atoms with Crippen LogP contribution in [0.3, 0.4) is 0 Å². The van der Waals surface area contributed by atoms with E-state index in [0.29, 0.717) is 6.61 Å². The summed E-state index contributed by atoms with van der Waals surface area (Å²) in [6.45, 7) is 5.92. The molecule has 0 fully saturated rings. The maximum absolute atomic E-state index is 5.68. The SMILES string of the molecule is CCOc1ccc2[nH]c3c(c2c1)CCNC3c1ccc(CC)cc1. The number of aryl methyl sites for hydroxylation is 1. The maximum Gasteiger partial charge on any atom is 0.120 e. The van der Waals surface area contributed by atoms with E-state index in [2.05, 4.69) is 53.6 Å². The Bertz CT molecular complexity index is 848. The van der Waals surface area contributed by atoms with Crippen molar-refractivity contribution in [3.63, 3.8) is 0 Å². The number of aromatic amines is 1. The van der Waals surface area contributed by atoms with Crippen LogP contribution in [0.2, 0.25) is 0 Å². The van der Waals surface area contributed by atoms with E-state index in [1.165, 1.54) is 33.3 Å². The van der Waals surface area contributed by atoms with Gasteiger partial charge >= 0.3 is 0 Å². The van der Waals surface area contributed by atoms with Crippen molar-refractivity contribution in [2.45, 2.75) is 32.7 Å². The predicted molar refractivity (Wildman–Crippen MR) is 98.8 cm³/mol. The first-order chi connectivity index (χ1) is 11.8. The summed E-state index contributed by atoms with van der Waals surface area (Å²) in [6, 6.07) is 15.6. The first kappa shape index (κ1) is 15.3. The number of fused-ring (bicyclic) bond motifs is 3. The number of H-pyrrole nitrogens is 1. The molecule has 2 heterocycles. The molecule has 2 N–H and O–H groups in total. The highest BCUT2D eigenvalue weighted by molar-refractivity contribution is 5.86. The summed E-state index contributed by atoms with van der Waals surface area (Å²) >= 11 is 0. The molecular weight excluding hydrogens is 296 g/mol. The van der Waals surface area contributed by atoms with Crippen LogP contribution in [0.1, 0.15) is 42.3 Å². The minimum atomic E-state index is 0.239. The zero-order chi connectivity index (χ0) is 16.5. The predicted octanol–water partition coefficient (Wildman–Crippen LogP) is 4.36. The number of hydrogen-bond donors (Lipinski definition) is 2. The molecule has 4 rings (SSSR count). The normalized spacial score (nSPS) is 17.0. The van der Waals surface area contributed by atoms with Gasteiger partial charge < -0.3 is 15.0 Å². The Morgan fingerprint density at radius 1 is 1.08 bits per heavy atom. The lowest BCUT2D eigenvalue weighted by atomic mass is 9.93. The Morgan fingerprint density at radius 2 is 1.92 bits per heavy atom. The molecule has 0 bridgehead atoms. The zero-order valence-corrected chi connectivity index (χ0v) is 14.4. The molecule has 1 unspecified atom stereocenters. The second-order valence-corrected chi connectivity index (χ2v) is 6.39. The van der Waals surface area contributed by atoms with Crippen molar-refractivity contribution in [3.8, 4) is 5.75 Å². The lowest BCUT2D eigenvalue weighted by Gasteiger charge is -2.25. The fourth-order valence-electron chi connectivity index (χ4n) is 3.69. The molecule has 1 aromatic heterocycles. The third-order valence-corrected chi connectivity index (χ3v) is 4.96. The highest BCUT2D eigenvalue weighted by atomic mass is 16.5. The molecule has 2 aromatic carbocycles. The summed E-state index contributed by atoms with van der Waals surface area (Å²) in [4.78, 5) is 3.64. The Kier molecular flexibility index (Phi) is 4.03. The lowest BCUT2D eigenvalue weighted by Crippen LogP contribution is -2.30. The second-order valence-electron chi connectivity index (χ2n) is 6.39. The summed E-state index contributed by atoms with van der Waals surface area (Å²) in [6.07, 6.45) is 2.13. The van der Waals surface area contributed by atoms with Gasteiger partial charge in [-0.05, 0) is 54.7 Å². The summed E-state index contributed by atoms with van der Waals surface area (Å²) in [5.41, 5.74) is 6.63. The number of rotatable bonds is 4. The van der Waals surface area contributed by atoms with Crippen LogP contribution < -0.4 is 10.1 Å². The van der Waals surface area contributed by atoms with Gasteiger partial charge in [-0.1, -0.05) is 31.2 Å². The summed E-state index contributed by atoms with van der Waals surface area (Å²) in [5, 5.41) is 4.97. The van der Waals surface area contributed by atoms with Crippen LogP contribution in [0.15, 0.2) is 42.5 Å². The molecule has 124 valence electrons. The largest absolute Gasteiger partial charge is 0.494 e. The number of nitrogens with one attached hydrogen (secondary N) is 2. The van der Waals surface area contributed by atoms with Crippen molar-refractivity contribution in [1.82, 2.24) is 10.3 Å². The van der Waals surface area contributed by atoms with Crippen LogP contribution in [-0.2, 0) is 12.8 Å². The van der Waals surface area contributed by atoms with E-state index in [0.717, 1.165) is 25.1 Å². The van der Waals surface area contributed by atoms with Gasteiger partial charge in [0.05, 0.1) is 12.6 Å². The van der Waals surface area contributed by atoms with Crippen molar-refractivity contribution >= 4 is 10.9 Å². The van der Waals surface area contributed by atoms with E-state index in [1.807, 2.05) is 13.0 Å². The first-order valence-electron chi connectivity index (χ1n) is 8.89. The van der Waals surface area contributed by atoms with Crippen LogP contribution in [0.4, 0.5) is 0 Å². The highest BCUT2D eigenvalue weighted by Crippen LogP contribution is 2.35. The fourth-order valence-corrected chi connectivity index (χ4v) is 3.69. The van der Waals surface area contributed by atoms with Gasteiger partial charge in [0.25, 0.3) is 0 Å². The smallest absolute Gasteiger partial charge is 0.120 e. The van der Waals surface area contributed by atoms with E-state index in [1.54, 1.807) is 0 Å². The van der Waals surface area contributed by atoms with Crippen LogP contribution >= 0.6 is 0 Å². The highest BCUT2D eigenvalue weighted by Gasteiger charge is 2.25. The van der Waals surface area contributed by atoms with Crippen LogP contribution in [0.25, 0.3) is 10.9 Å². The van der Waals surface area contributed by atoms with E-state index < -0.39 is 0 Å². The summed E-state index contributed by atoms with van der Waals surface area (Å²) in [5.74, 6) is 0.953. The molecule has 1 aliphatic rings. The quantitative estimate of drug-likeness (QED) is 0.749. The molecule has 0 spiro atoms. The Hall–Kier alpha value is -2.26. The molecule has 3 heteroatoms. The van der Waals surface area contributed by atoms with Gasteiger partial charge in [0.1, 0.15) is 5.75 Å². The van der Waals surface area contributed by atoms with Crippen molar-refractivity contribution in [1.29, 1.82) is 0 Å². The van der Waals surface area contributed by atoms with Gasteiger partial charge in [0.15, 0.2) is 0 Å². The average Bonchev–Trinajstić information content (AvgIpc) is 3.00. The molecule has 0 aliphatic carbocycles. The van der Waals surface area contributed by atoms with E-state index >= 15 is 0 Å². The van der Waals surface area contributed by atoms with Crippen LogP contribution in [0, 0.1) is 0 Å². The van der Waals surface area contributed by atoms with Crippen molar-refractivity contribution < 1.29 is 4.74 Å². The van der Waals surface area contributed by atoms with Crippen LogP contribution in [-0.4, -0.2) is 18.1 Å². The minimum Gasteiger partial charge on any atom is -0.494 e. The molecular formula is C21H24N2O. The Balaban J connectivity index is 1.77. The standard InChI is InChI=1S/C21H24N2O/c1-3-14-5-7-15(8-6-14)20-21-17(11-12-22-20)18-13-16(24-4-2)9-10-19(18)23-21/h5-10,13,20,22-23H,3-4,11-12H2,1-2H3. The number of aromatic nitrogens is 1. The van der Waals surface area contributed by atoms with Crippen molar-refractivity contribution in [3.05, 3.63) is 64.8 Å². The summed E-state index contributed by atoms with van der Waals surface area (Å²) in [7, 11) is 0. The van der Waals surface area contributed by atoms with E-state index in [-0.39, 0.29) is 6.04 Å². The molecule has 0 saturated carbocycles. The van der Waals surface area contributed by atoms with Crippen molar-refractivity contribution in [2.75, 3.05) is 13.2 Å². The molecule has 24 heavy (non-hydrogen) atoms. The number of ether oxygens (including phenoxy) is 1. The second kappa shape index (κ2) is 6.33. The monoisotopic (exact) mass is 320 g/mol. The molecule has 0 saturated heterocycles. The molecule has 3 nitrogen and oxygen atoms in total. The number of hydrogen-bond acceptors (Lipinski definition) is 2. The van der Waals surface area contributed by atoms with E-state index in [4.69, 9.17) is 4.74 Å². The number of benzene rings is 2. The topological polar surface area (TPSA) is 37.0 Å². The van der Waals surface area contributed by atoms with Gasteiger partial charge in [-0.25, -0.2) is 0 Å². The van der Waals surface area contributed by atoms with Gasteiger partial charge in [0.2, 0.25) is 0 Å². The molecule has 1 atom stereocenters. The average molecular weight is 320 g/mol. The third kappa shape index (κ3) is 2.59. The third-order valence-electron chi connectivity index (χ3n) is 4.96. The first-order valence-corrected chi connectivity index (χ1v) is 8.89. The zero-order valence-electron chi connectivity index (χ0n) is 14.4. The van der Waals surface area contributed by atoms with E-state index in [9.17, 15) is 0 Å². The van der Waals surface area contributed by atoms with Crippen molar-refractivity contribution in [2.24, 2.45) is 0 Å². The maximum atomic E-state index is 5.68. The van der Waals surface area contributed by atoms with Gasteiger partial charge in [0, 0.05) is 23.1 Å². The summed E-state index contributed by atoms with van der Waals surface area (Å²) < 4.78 is 5.68. The Labute approximate surface area is 143 Å². The molecule has 0 radical (unpaired) electrons. The lowest BCUT2D eigenvalue weighted by molar-refractivity contribution is 0.340. The van der Waals surface area contributed by atoms with Gasteiger partial charge in [-0.2, -0.15) is 0 Å².